The molecule has 1 atom stereocenters. The third kappa shape index (κ3) is 3.20. The Kier molecular flexibility index (Phi) is 4.12. The lowest BCUT2D eigenvalue weighted by Gasteiger charge is -2.29. The number of anilines is 1. The number of rotatable bonds is 5. The zero-order valence-corrected chi connectivity index (χ0v) is 10.9. The lowest BCUT2D eigenvalue weighted by Crippen LogP contribution is -2.40. The van der Waals surface area contributed by atoms with Crippen molar-refractivity contribution < 1.29 is 4.79 Å². The van der Waals surface area contributed by atoms with Crippen LogP contribution in [0.15, 0.2) is 24.3 Å². The summed E-state index contributed by atoms with van der Waals surface area (Å²) in [7, 11) is 5.83. The summed E-state index contributed by atoms with van der Waals surface area (Å²) in [5.74, 6) is -0.307. The van der Waals surface area contributed by atoms with Crippen molar-refractivity contribution in [1.82, 2.24) is 5.32 Å². The van der Waals surface area contributed by atoms with Crippen molar-refractivity contribution in [1.29, 1.82) is 0 Å². The Morgan fingerprint density at radius 3 is 2.24 bits per heavy atom. The molecule has 0 saturated heterocycles. The number of carbonyl (C=O) groups excluding carboxylic acids is 1. The summed E-state index contributed by atoms with van der Waals surface area (Å²) in [6, 6.07) is 8.11. The molecule has 0 fully saturated rings. The standard InChI is InChI=1S/C13H21N3O/c1-13(15-2,9-12(14)17)10-5-7-11(8-6-10)16(3)4/h5-8,15H,9H2,1-4H3,(H2,14,17). The summed E-state index contributed by atoms with van der Waals surface area (Å²) in [5, 5.41) is 3.16. The molecule has 1 amide bonds. The van der Waals surface area contributed by atoms with Gasteiger partial charge in [-0.1, -0.05) is 12.1 Å². The lowest BCUT2D eigenvalue weighted by atomic mass is 9.88. The maximum Gasteiger partial charge on any atom is 0.219 e. The van der Waals surface area contributed by atoms with Crippen LogP contribution >= 0.6 is 0 Å². The molecule has 0 bridgehead atoms. The van der Waals surface area contributed by atoms with E-state index in [0.29, 0.717) is 0 Å². The van der Waals surface area contributed by atoms with Crippen molar-refractivity contribution in [2.45, 2.75) is 18.9 Å². The van der Waals surface area contributed by atoms with E-state index in [4.69, 9.17) is 5.73 Å². The van der Waals surface area contributed by atoms with Crippen molar-refractivity contribution in [3.8, 4) is 0 Å². The largest absolute Gasteiger partial charge is 0.378 e. The first-order valence-electron chi connectivity index (χ1n) is 5.64. The second kappa shape index (κ2) is 5.19. The maximum absolute atomic E-state index is 11.1. The fraction of sp³-hybridized carbons (Fsp3) is 0.462. The predicted molar refractivity (Wildman–Crippen MR) is 71.0 cm³/mol. The van der Waals surface area contributed by atoms with Crippen LogP contribution in [0, 0.1) is 0 Å². The number of amides is 1. The minimum absolute atomic E-state index is 0.283. The third-order valence-electron chi connectivity index (χ3n) is 3.10. The minimum Gasteiger partial charge on any atom is -0.378 e. The molecule has 1 rings (SSSR count). The smallest absolute Gasteiger partial charge is 0.219 e. The van der Waals surface area contributed by atoms with Crippen LogP contribution in [-0.2, 0) is 10.3 Å². The van der Waals surface area contributed by atoms with Gasteiger partial charge >= 0.3 is 0 Å². The number of hydrogen-bond donors (Lipinski definition) is 2. The number of nitrogens with two attached hydrogens (primary N) is 1. The number of primary amides is 1. The highest BCUT2D eigenvalue weighted by Crippen LogP contribution is 2.25. The van der Waals surface area contributed by atoms with Crippen LogP contribution in [0.2, 0.25) is 0 Å². The molecule has 4 nitrogen and oxygen atoms in total. The van der Waals surface area contributed by atoms with Gasteiger partial charge in [0.05, 0.1) is 0 Å². The van der Waals surface area contributed by atoms with Gasteiger partial charge in [0.25, 0.3) is 0 Å². The van der Waals surface area contributed by atoms with Crippen LogP contribution in [0.25, 0.3) is 0 Å². The number of benzene rings is 1. The molecule has 1 unspecified atom stereocenters. The number of nitrogens with zero attached hydrogens (tertiary/aromatic N) is 1. The van der Waals surface area contributed by atoms with Crippen LogP contribution in [0.5, 0.6) is 0 Å². The molecule has 0 spiro atoms. The van der Waals surface area contributed by atoms with E-state index < -0.39 is 5.54 Å². The molecule has 0 heterocycles. The van der Waals surface area contributed by atoms with Crippen LogP contribution in [0.1, 0.15) is 18.9 Å². The van der Waals surface area contributed by atoms with E-state index in [0.717, 1.165) is 11.3 Å². The van der Waals surface area contributed by atoms with Gasteiger partial charge in [-0.05, 0) is 31.7 Å². The van der Waals surface area contributed by atoms with E-state index in [1.54, 1.807) is 0 Å². The van der Waals surface area contributed by atoms with Gasteiger partial charge in [-0.2, -0.15) is 0 Å². The van der Waals surface area contributed by atoms with Crippen molar-refractivity contribution in [3.05, 3.63) is 29.8 Å². The van der Waals surface area contributed by atoms with Gasteiger partial charge in [0, 0.05) is 31.7 Å². The Balaban J connectivity index is 3.00. The second-order valence-electron chi connectivity index (χ2n) is 4.67. The van der Waals surface area contributed by atoms with Gasteiger partial charge in [-0.3, -0.25) is 4.79 Å². The fourth-order valence-electron chi connectivity index (χ4n) is 1.81. The van der Waals surface area contributed by atoms with E-state index >= 15 is 0 Å². The monoisotopic (exact) mass is 235 g/mol. The number of hydrogen-bond acceptors (Lipinski definition) is 3. The van der Waals surface area contributed by atoms with Crippen molar-refractivity contribution in [2.75, 3.05) is 26.0 Å². The quantitative estimate of drug-likeness (QED) is 0.802. The average molecular weight is 235 g/mol. The Hall–Kier alpha value is -1.55. The van der Waals surface area contributed by atoms with Crippen molar-refractivity contribution in [2.24, 2.45) is 5.73 Å². The first-order chi connectivity index (χ1) is 7.89. The highest BCUT2D eigenvalue weighted by Gasteiger charge is 2.26. The van der Waals surface area contributed by atoms with Crippen LogP contribution in [0.4, 0.5) is 5.69 Å². The molecule has 94 valence electrons. The third-order valence-corrected chi connectivity index (χ3v) is 3.10. The zero-order chi connectivity index (χ0) is 13.1. The van der Waals surface area contributed by atoms with E-state index in [2.05, 4.69) is 5.32 Å². The molecule has 17 heavy (non-hydrogen) atoms. The SMILES string of the molecule is CNC(C)(CC(N)=O)c1ccc(N(C)C)cc1. The molecule has 0 aliphatic rings. The number of nitrogens with one attached hydrogen (secondary N) is 1. The Bertz CT molecular complexity index is 386. The summed E-state index contributed by atoms with van der Waals surface area (Å²) in [4.78, 5) is 13.1. The molecule has 0 saturated carbocycles. The minimum atomic E-state index is -0.406. The molecule has 0 aliphatic heterocycles. The normalized spacial score (nSPS) is 14.1. The molecule has 1 aromatic rings. The van der Waals surface area contributed by atoms with Gasteiger partial charge in [-0.15, -0.1) is 0 Å². The summed E-state index contributed by atoms with van der Waals surface area (Å²) < 4.78 is 0. The summed E-state index contributed by atoms with van der Waals surface area (Å²) in [6.45, 7) is 1.97. The summed E-state index contributed by atoms with van der Waals surface area (Å²) in [5.41, 5.74) is 7.07. The predicted octanol–water partition coefficient (Wildman–Crippen LogP) is 1.06. The summed E-state index contributed by atoms with van der Waals surface area (Å²) >= 11 is 0. The van der Waals surface area contributed by atoms with Crippen LogP contribution in [-0.4, -0.2) is 27.1 Å². The van der Waals surface area contributed by atoms with Gasteiger partial charge in [0.2, 0.25) is 5.91 Å². The van der Waals surface area contributed by atoms with Crippen molar-refractivity contribution >= 4 is 11.6 Å². The second-order valence-corrected chi connectivity index (χ2v) is 4.67. The average Bonchev–Trinajstić information content (AvgIpc) is 2.28. The lowest BCUT2D eigenvalue weighted by molar-refractivity contribution is -0.119. The summed E-state index contributed by atoms with van der Waals surface area (Å²) in [6.07, 6.45) is 0.283. The molecule has 0 aromatic heterocycles. The van der Waals surface area contributed by atoms with E-state index in [9.17, 15) is 4.79 Å². The molecule has 4 heteroatoms. The fourth-order valence-corrected chi connectivity index (χ4v) is 1.81. The van der Waals surface area contributed by atoms with Crippen molar-refractivity contribution in [3.63, 3.8) is 0 Å². The highest BCUT2D eigenvalue weighted by atomic mass is 16.1. The molecule has 3 N–H and O–H groups in total. The Morgan fingerprint density at radius 2 is 1.88 bits per heavy atom. The zero-order valence-electron chi connectivity index (χ0n) is 10.9. The van der Waals surface area contributed by atoms with Crippen LogP contribution in [0.3, 0.4) is 0 Å². The highest BCUT2D eigenvalue weighted by molar-refractivity contribution is 5.75. The van der Waals surface area contributed by atoms with Gasteiger partial charge < -0.3 is 16.0 Å². The van der Waals surface area contributed by atoms with E-state index in [1.165, 1.54) is 0 Å². The van der Waals surface area contributed by atoms with Gasteiger partial charge in [0.1, 0.15) is 0 Å². The van der Waals surface area contributed by atoms with E-state index in [-0.39, 0.29) is 12.3 Å². The van der Waals surface area contributed by atoms with E-state index in [1.807, 2.05) is 57.2 Å². The molecule has 0 radical (unpaired) electrons. The molecular formula is C13H21N3O. The molecule has 0 aliphatic carbocycles. The number of carbonyl (C=O) groups is 1. The van der Waals surface area contributed by atoms with Gasteiger partial charge in [-0.25, -0.2) is 0 Å². The maximum atomic E-state index is 11.1. The Morgan fingerprint density at radius 1 is 1.35 bits per heavy atom. The first kappa shape index (κ1) is 13.5. The topological polar surface area (TPSA) is 58.4 Å². The van der Waals surface area contributed by atoms with Gasteiger partial charge in [0.15, 0.2) is 0 Å². The Labute approximate surface area is 103 Å². The molecular weight excluding hydrogens is 214 g/mol. The molecule has 1 aromatic carbocycles. The first-order valence-corrected chi connectivity index (χ1v) is 5.64. The van der Waals surface area contributed by atoms with Crippen LogP contribution < -0.4 is 16.0 Å².